The van der Waals surface area contributed by atoms with E-state index in [1.54, 1.807) is 0 Å². The number of ether oxygens (including phenoxy) is 1. The molecular weight excluding hydrogens is 620 g/mol. The van der Waals surface area contributed by atoms with Crippen LogP contribution in [0.1, 0.15) is 62.6 Å². The zero-order chi connectivity index (χ0) is 29.0. The second-order valence-electron chi connectivity index (χ2n) is 11.9. The Bertz CT molecular complexity index is 1210. The van der Waals surface area contributed by atoms with Crippen LogP contribution in [0.25, 0.3) is 0 Å². The van der Waals surface area contributed by atoms with Gasteiger partial charge in [-0.1, -0.05) is 49.3 Å². The summed E-state index contributed by atoms with van der Waals surface area (Å²) in [6, 6.07) is 12.1. The van der Waals surface area contributed by atoms with Crippen LogP contribution in [0.3, 0.4) is 0 Å². The quantitative estimate of drug-likeness (QED) is 0.187. The number of hydrogen-bond donors (Lipinski definition) is 2. The molecule has 0 bridgehead atoms. The Morgan fingerprint density at radius 3 is 2.76 bits per heavy atom. The first-order valence-electron chi connectivity index (χ1n) is 14.8. The highest BCUT2D eigenvalue weighted by molar-refractivity contribution is 9.10. The van der Waals surface area contributed by atoms with Gasteiger partial charge in [-0.15, -0.1) is 0 Å². The molecule has 9 heteroatoms. The lowest BCUT2D eigenvalue weighted by molar-refractivity contribution is 0.0631. The van der Waals surface area contributed by atoms with Gasteiger partial charge in [0, 0.05) is 36.2 Å². The third kappa shape index (κ3) is 6.59. The number of aliphatic hydroxyl groups is 1. The maximum Gasteiger partial charge on any atom is 0.142 e. The van der Waals surface area contributed by atoms with Crippen LogP contribution in [0, 0.1) is 5.92 Å². The van der Waals surface area contributed by atoms with Gasteiger partial charge >= 0.3 is 0 Å². The van der Waals surface area contributed by atoms with Gasteiger partial charge in [-0.2, -0.15) is 23.5 Å². The van der Waals surface area contributed by atoms with Gasteiger partial charge in [-0.25, -0.2) is 0 Å². The number of oxime groups is 1. The van der Waals surface area contributed by atoms with E-state index in [0.29, 0.717) is 30.0 Å². The topological polar surface area (TPSA) is 74.5 Å². The Balaban J connectivity index is 1.52. The van der Waals surface area contributed by atoms with E-state index in [1.165, 1.54) is 5.56 Å². The summed E-state index contributed by atoms with van der Waals surface area (Å²) in [5.74, 6) is 3.75. The van der Waals surface area contributed by atoms with Crippen molar-refractivity contribution in [3.63, 3.8) is 0 Å². The van der Waals surface area contributed by atoms with E-state index in [0.717, 1.165) is 66.3 Å². The molecule has 2 aromatic rings. The summed E-state index contributed by atoms with van der Waals surface area (Å²) in [5, 5.41) is 26.6. The Kier molecular flexibility index (Phi) is 10.6. The second kappa shape index (κ2) is 13.9. The van der Waals surface area contributed by atoms with E-state index in [2.05, 4.69) is 46.1 Å². The summed E-state index contributed by atoms with van der Waals surface area (Å²) in [4.78, 5) is 8.32. The number of phenolic OH excluding ortho intramolecular Hbond substituents is 1. The van der Waals surface area contributed by atoms with Crippen molar-refractivity contribution >= 4 is 45.2 Å². The Morgan fingerprint density at radius 2 is 2.02 bits per heavy atom. The molecule has 1 fully saturated rings. The summed E-state index contributed by atoms with van der Waals surface area (Å²) >= 11 is 7.55. The number of benzene rings is 2. The average molecular weight is 664 g/mol. The number of rotatable bonds is 12. The van der Waals surface area contributed by atoms with Crippen molar-refractivity contribution in [3.05, 3.63) is 57.6 Å². The van der Waals surface area contributed by atoms with Crippen LogP contribution in [0.2, 0.25) is 0 Å². The largest absolute Gasteiger partial charge is 0.507 e. The molecule has 4 atom stereocenters. The molecule has 3 aliphatic rings. The molecule has 2 heterocycles. The van der Waals surface area contributed by atoms with Crippen molar-refractivity contribution in [2.45, 2.75) is 81.9 Å². The number of aromatic hydroxyl groups is 1. The van der Waals surface area contributed by atoms with Gasteiger partial charge in [-0.3, -0.25) is 4.90 Å². The molecule has 2 N–H and O–H groups in total. The molecule has 2 aromatic carbocycles. The monoisotopic (exact) mass is 662 g/mol. The molecule has 224 valence electrons. The Morgan fingerprint density at radius 1 is 1.22 bits per heavy atom. The third-order valence-electron chi connectivity index (χ3n) is 8.75. The predicted molar refractivity (Wildman–Crippen MR) is 174 cm³/mol. The Hall–Kier alpha value is -1.39. The van der Waals surface area contributed by atoms with Crippen LogP contribution in [0.15, 0.2) is 46.0 Å². The molecule has 5 rings (SSSR count). The minimum absolute atomic E-state index is 0.0169. The van der Waals surface area contributed by atoms with Gasteiger partial charge in [0.25, 0.3) is 0 Å². The van der Waals surface area contributed by atoms with E-state index >= 15 is 0 Å². The molecule has 0 radical (unpaired) electrons. The SMILES string of the molecule is CSCCCN1Cc2cc(O)c(Br)c3c2C2(C[C@H]1CO)[C@@H](C/C(=N/OCc1ccccc1)C[C@H]2SCCC(C)C)O3. The summed E-state index contributed by atoms with van der Waals surface area (Å²) in [6.07, 6.45) is 6.52. The lowest BCUT2D eigenvalue weighted by atomic mass is 9.64. The van der Waals surface area contributed by atoms with Crippen LogP contribution in [0.5, 0.6) is 11.5 Å². The minimum Gasteiger partial charge on any atom is -0.507 e. The van der Waals surface area contributed by atoms with E-state index in [1.807, 2.05) is 59.9 Å². The van der Waals surface area contributed by atoms with E-state index < -0.39 is 0 Å². The van der Waals surface area contributed by atoms with Gasteiger partial charge in [-0.05, 0) is 82.6 Å². The highest BCUT2D eigenvalue weighted by Gasteiger charge is 2.60. The molecule has 1 spiro atoms. The molecule has 0 aromatic heterocycles. The van der Waals surface area contributed by atoms with Crippen molar-refractivity contribution in [1.29, 1.82) is 0 Å². The second-order valence-corrected chi connectivity index (χ2v) is 15.0. The summed E-state index contributed by atoms with van der Waals surface area (Å²) in [7, 11) is 0. The third-order valence-corrected chi connectivity index (χ3v) is 11.7. The van der Waals surface area contributed by atoms with Crippen LogP contribution in [0.4, 0.5) is 0 Å². The molecule has 0 amide bonds. The van der Waals surface area contributed by atoms with Crippen molar-refractivity contribution in [3.8, 4) is 11.5 Å². The number of phenols is 1. The minimum atomic E-state index is -0.289. The highest BCUT2D eigenvalue weighted by Crippen LogP contribution is 2.61. The number of aliphatic hydroxyl groups excluding tert-OH is 1. The van der Waals surface area contributed by atoms with Gasteiger partial charge in [0.1, 0.15) is 28.7 Å². The number of nitrogens with zero attached hydrogens (tertiary/aromatic N) is 2. The molecule has 1 unspecified atom stereocenters. The first-order chi connectivity index (χ1) is 19.9. The van der Waals surface area contributed by atoms with Crippen molar-refractivity contribution < 1.29 is 19.8 Å². The molecule has 0 saturated heterocycles. The smallest absolute Gasteiger partial charge is 0.142 e. The molecule has 41 heavy (non-hydrogen) atoms. The van der Waals surface area contributed by atoms with Crippen LogP contribution < -0.4 is 4.74 Å². The lowest BCUT2D eigenvalue weighted by Gasteiger charge is -2.46. The Labute approximate surface area is 261 Å². The van der Waals surface area contributed by atoms with Crippen LogP contribution in [-0.4, -0.2) is 69.1 Å². The molecule has 6 nitrogen and oxygen atoms in total. The van der Waals surface area contributed by atoms with Crippen LogP contribution >= 0.6 is 39.5 Å². The summed E-state index contributed by atoms with van der Waals surface area (Å²) < 4.78 is 7.44. The van der Waals surface area contributed by atoms with E-state index in [4.69, 9.17) is 9.57 Å². The van der Waals surface area contributed by atoms with Crippen molar-refractivity contribution in [2.75, 3.05) is 30.9 Å². The van der Waals surface area contributed by atoms with E-state index in [-0.39, 0.29) is 35.2 Å². The maximum absolute atomic E-state index is 11.0. The molecule has 1 aliphatic carbocycles. The fraction of sp³-hybridized carbons (Fsp3) is 0.594. The standard InChI is InChI=1S/C32H43BrN2O4S2/c1-21(2)10-13-41-28-16-24(34-38-20-22-8-5-4-6-9-22)15-27-32(28)17-25(19-36)35(11-7-12-40-3)18-23-14-26(37)30(33)31(39-27)29(23)32/h4-6,8-9,14,21,25,27-28,36-37H,7,10-13,15-20H2,1-3H3/b34-24-/t25-,27+,28+,32?/m0/s1. The van der Waals surface area contributed by atoms with Crippen molar-refractivity contribution in [2.24, 2.45) is 11.1 Å². The van der Waals surface area contributed by atoms with Gasteiger partial charge in [0.05, 0.1) is 17.7 Å². The fourth-order valence-electron chi connectivity index (χ4n) is 6.70. The summed E-state index contributed by atoms with van der Waals surface area (Å²) in [6.45, 7) is 6.72. The average Bonchev–Trinajstić information content (AvgIpc) is 3.22. The zero-order valence-corrected chi connectivity index (χ0v) is 27.6. The van der Waals surface area contributed by atoms with Crippen LogP contribution in [-0.2, 0) is 23.4 Å². The lowest BCUT2D eigenvalue weighted by Crippen LogP contribution is -2.55. The molecule has 2 aliphatic heterocycles. The molecular formula is C32H43BrN2O4S2. The van der Waals surface area contributed by atoms with Gasteiger partial charge in [0.15, 0.2) is 0 Å². The van der Waals surface area contributed by atoms with Gasteiger partial charge in [0.2, 0.25) is 0 Å². The fourth-order valence-corrected chi connectivity index (χ4v) is 9.39. The normalized spacial score (nSPS) is 26.5. The van der Waals surface area contributed by atoms with E-state index in [9.17, 15) is 10.2 Å². The van der Waals surface area contributed by atoms with Gasteiger partial charge < -0.3 is 19.8 Å². The number of hydrogen-bond acceptors (Lipinski definition) is 8. The predicted octanol–water partition coefficient (Wildman–Crippen LogP) is 6.99. The highest BCUT2D eigenvalue weighted by atomic mass is 79.9. The first-order valence-corrected chi connectivity index (χ1v) is 18.0. The number of thioether (sulfide) groups is 2. The molecule has 1 saturated carbocycles. The zero-order valence-electron chi connectivity index (χ0n) is 24.4. The summed E-state index contributed by atoms with van der Waals surface area (Å²) in [5.41, 5.74) is 4.18. The first kappa shape index (κ1) is 31.0. The number of halogens is 1. The maximum atomic E-state index is 11.0. The van der Waals surface area contributed by atoms with Crippen molar-refractivity contribution in [1.82, 2.24) is 4.90 Å².